The van der Waals surface area contributed by atoms with Crippen LogP contribution in [0.4, 0.5) is 8.78 Å². The number of hydrogen-bond donors (Lipinski definition) is 1. The molecule has 0 bridgehead atoms. The van der Waals surface area contributed by atoms with E-state index in [-0.39, 0.29) is 23.9 Å². The molecule has 2 N–H and O–H groups in total. The predicted molar refractivity (Wildman–Crippen MR) is 103 cm³/mol. The lowest BCUT2D eigenvalue weighted by Crippen LogP contribution is -2.52. The highest BCUT2D eigenvalue weighted by Gasteiger charge is 2.43. The van der Waals surface area contributed by atoms with Gasteiger partial charge in [-0.1, -0.05) is 44.2 Å². The molecule has 1 heterocycles. The summed E-state index contributed by atoms with van der Waals surface area (Å²) in [7, 11) is 0. The number of carbonyl (C=O) groups is 1. The molecule has 0 saturated carbocycles. The Kier molecular flexibility index (Phi) is 5.16. The number of halogens is 2. The number of nitrogens with zero attached hydrogens (tertiary/aromatic N) is 1. The summed E-state index contributed by atoms with van der Waals surface area (Å²) < 4.78 is 28.1. The zero-order valence-corrected chi connectivity index (χ0v) is 15.7. The second-order valence-corrected chi connectivity index (χ2v) is 7.50. The summed E-state index contributed by atoms with van der Waals surface area (Å²) >= 11 is 0. The van der Waals surface area contributed by atoms with Gasteiger partial charge in [0.15, 0.2) is 0 Å². The molecule has 0 spiro atoms. The maximum atomic E-state index is 14.4. The van der Waals surface area contributed by atoms with Gasteiger partial charge < -0.3 is 10.6 Å². The van der Waals surface area contributed by atoms with Crippen LogP contribution in [0.15, 0.2) is 54.6 Å². The molecular formula is C22H24F2N2O. The van der Waals surface area contributed by atoms with E-state index in [9.17, 15) is 13.6 Å². The SMILES string of the molecule is CC(C)[C@H](N)C(=O)N1CC(c2cc(F)ccc2F)=CC1(C)c1ccccc1. The van der Waals surface area contributed by atoms with E-state index in [1.54, 1.807) is 4.90 Å². The van der Waals surface area contributed by atoms with Crippen molar-refractivity contribution in [2.24, 2.45) is 11.7 Å². The highest BCUT2D eigenvalue weighted by atomic mass is 19.1. The summed E-state index contributed by atoms with van der Waals surface area (Å²) in [5, 5.41) is 0. The van der Waals surface area contributed by atoms with Gasteiger partial charge in [-0.15, -0.1) is 0 Å². The molecule has 5 heteroatoms. The third-order valence-corrected chi connectivity index (χ3v) is 5.25. The van der Waals surface area contributed by atoms with Crippen molar-refractivity contribution in [1.82, 2.24) is 4.90 Å². The van der Waals surface area contributed by atoms with Gasteiger partial charge in [0.1, 0.15) is 11.6 Å². The average Bonchev–Trinajstić information content (AvgIpc) is 3.01. The molecule has 1 aliphatic heterocycles. The third-order valence-electron chi connectivity index (χ3n) is 5.25. The largest absolute Gasteiger partial charge is 0.324 e. The van der Waals surface area contributed by atoms with E-state index < -0.39 is 23.2 Å². The number of benzene rings is 2. The van der Waals surface area contributed by atoms with E-state index in [1.165, 1.54) is 6.07 Å². The summed E-state index contributed by atoms with van der Waals surface area (Å²) in [4.78, 5) is 14.8. The minimum absolute atomic E-state index is 0.0347. The topological polar surface area (TPSA) is 46.3 Å². The predicted octanol–water partition coefficient (Wildman–Crippen LogP) is 4.09. The Morgan fingerprint density at radius 3 is 2.44 bits per heavy atom. The fraction of sp³-hybridized carbons (Fsp3) is 0.318. The van der Waals surface area contributed by atoms with Gasteiger partial charge in [-0.2, -0.15) is 0 Å². The van der Waals surface area contributed by atoms with Crippen LogP contribution < -0.4 is 5.73 Å². The first-order valence-corrected chi connectivity index (χ1v) is 9.04. The summed E-state index contributed by atoms with van der Waals surface area (Å²) in [6.45, 7) is 5.85. The van der Waals surface area contributed by atoms with Crippen molar-refractivity contribution >= 4 is 11.5 Å². The molecule has 2 aromatic carbocycles. The zero-order chi connectivity index (χ0) is 19.8. The van der Waals surface area contributed by atoms with E-state index >= 15 is 0 Å². The molecule has 3 rings (SSSR count). The minimum Gasteiger partial charge on any atom is -0.324 e. The molecule has 0 saturated heterocycles. The third kappa shape index (κ3) is 3.52. The van der Waals surface area contributed by atoms with Gasteiger partial charge in [-0.3, -0.25) is 4.79 Å². The summed E-state index contributed by atoms with van der Waals surface area (Å²) in [6.07, 6.45) is 1.84. The van der Waals surface area contributed by atoms with Crippen LogP contribution >= 0.6 is 0 Å². The van der Waals surface area contributed by atoms with Gasteiger partial charge in [-0.25, -0.2) is 8.78 Å². The number of nitrogens with two attached hydrogens (primary N) is 1. The number of amides is 1. The lowest BCUT2D eigenvalue weighted by atomic mass is 9.89. The molecule has 3 nitrogen and oxygen atoms in total. The Hall–Kier alpha value is -2.53. The van der Waals surface area contributed by atoms with Crippen molar-refractivity contribution in [3.8, 4) is 0 Å². The highest BCUT2D eigenvalue weighted by molar-refractivity contribution is 5.88. The maximum Gasteiger partial charge on any atom is 0.241 e. The van der Waals surface area contributed by atoms with Crippen LogP contribution in [0, 0.1) is 17.6 Å². The number of hydrogen-bond acceptors (Lipinski definition) is 2. The van der Waals surface area contributed by atoms with Crippen LogP contribution in [0.25, 0.3) is 5.57 Å². The molecule has 0 aliphatic carbocycles. The molecule has 0 aromatic heterocycles. The molecule has 0 fully saturated rings. The Morgan fingerprint density at radius 2 is 1.81 bits per heavy atom. The molecule has 0 radical (unpaired) electrons. The Morgan fingerprint density at radius 1 is 1.15 bits per heavy atom. The number of carbonyl (C=O) groups excluding carboxylic acids is 1. The van der Waals surface area contributed by atoms with Crippen LogP contribution in [0.2, 0.25) is 0 Å². The van der Waals surface area contributed by atoms with Crippen molar-refractivity contribution < 1.29 is 13.6 Å². The normalized spacial score (nSPS) is 20.7. The fourth-order valence-corrected chi connectivity index (χ4v) is 3.49. The molecular weight excluding hydrogens is 346 g/mol. The first kappa shape index (κ1) is 19.2. The minimum atomic E-state index is -0.793. The lowest BCUT2D eigenvalue weighted by Gasteiger charge is -2.37. The van der Waals surface area contributed by atoms with Crippen LogP contribution in [-0.2, 0) is 10.3 Å². The van der Waals surface area contributed by atoms with Crippen molar-refractivity contribution in [3.63, 3.8) is 0 Å². The average molecular weight is 370 g/mol. The van der Waals surface area contributed by atoms with Gasteiger partial charge in [0.2, 0.25) is 5.91 Å². The number of rotatable bonds is 4. The molecule has 2 aromatic rings. The van der Waals surface area contributed by atoms with Crippen molar-refractivity contribution in [2.75, 3.05) is 6.54 Å². The van der Waals surface area contributed by atoms with Gasteiger partial charge in [-0.05, 0) is 48.3 Å². The van der Waals surface area contributed by atoms with Gasteiger partial charge in [0.25, 0.3) is 0 Å². The van der Waals surface area contributed by atoms with E-state index in [0.29, 0.717) is 5.57 Å². The Balaban J connectivity index is 2.10. The van der Waals surface area contributed by atoms with E-state index in [1.807, 2.05) is 57.2 Å². The molecule has 142 valence electrons. The fourth-order valence-electron chi connectivity index (χ4n) is 3.49. The molecule has 1 aliphatic rings. The van der Waals surface area contributed by atoms with Crippen LogP contribution in [0.3, 0.4) is 0 Å². The Labute approximate surface area is 158 Å². The maximum absolute atomic E-state index is 14.4. The van der Waals surface area contributed by atoms with Crippen LogP contribution in [-0.4, -0.2) is 23.4 Å². The molecule has 1 amide bonds. The summed E-state index contributed by atoms with van der Waals surface area (Å²) in [5.74, 6) is -1.27. The van der Waals surface area contributed by atoms with Gasteiger partial charge >= 0.3 is 0 Å². The van der Waals surface area contributed by atoms with E-state index in [2.05, 4.69) is 0 Å². The quantitative estimate of drug-likeness (QED) is 0.881. The summed E-state index contributed by atoms with van der Waals surface area (Å²) in [5.41, 5.74) is 6.97. The van der Waals surface area contributed by atoms with Gasteiger partial charge in [0, 0.05) is 12.1 Å². The van der Waals surface area contributed by atoms with Gasteiger partial charge in [0.05, 0.1) is 11.6 Å². The monoisotopic (exact) mass is 370 g/mol. The second kappa shape index (κ2) is 7.24. The van der Waals surface area contributed by atoms with E-state index in [4.69, 9.17) is 5.73 Å². The first-order valence-electron chi connectivity index (χ1n) is 9.04. The van der Waals surface area contributed by atoms with E-state index in [0.717, 1.165) is 17.7 Å². The smallest absolute Gasteiger partial charge is 0.241 e. The first-order chi connectivity index (χ1) is 12.7. The lowest BCUT2D eigenvalue weighted by molar-refractivity contribution is -0.136. The summed E-state index contributed by atoms with van der Waals surface area (Å²) in [6, 6.07) is 12.2. The van der Waals surface area contributed by atoms with Crippen molar-refractivity contribution in [1.29, 1.82) is 0 Å². The Bertz CT molecular complexity index is 879. The van der Waals surface area contributed by atoms with Crippen LogP contribution in [0.1, 0.15) is 31.9 Å². The molecule has 1 unspecified atom stereocenters. The highest BCUT2D eigenvalue weighted by Crippen LogP contribution is 2.41. The molecule has 2 atom stereocenters. The van der Waals surface area contributed by atoms with Crippen molar-refractivity contribution in [3.05, 3.63) is 77.4 Å². The van der Waals surface area contributed by atoms with Crippen LogP contribution in [0.5, 0.6) is 0 Å². The molecule has 27 heavy (non-hydrogen) atoms. The van der Waals surface area contributed by atoms with Crippen molar-refractivity contribution in [2.45, 2.75) is 32.4 Å². The standard InChI is InChI=1S/C22H24F2N2O/c1-14(2)20(25)21(27)26-13-15(18-11-17(23)9-10-19(18)24)12-22(26,3)16-7-5-4-6-8-16/h4-12,14,20H,13,25H2,1-3H3/t20-,22?/m0/s1. The second-order valence-electron chi connectivity index (χ2n) is 7.50. The zero-order valence-electron chi connectivity index (χ0n) is 15.7.